The van der Waals surface area contributed by atoms with Gasteiger partial charge in [0.25, 0.3) is 15.9 Å². The van der Waals surface area contributed by atoms with Crippen molar-refractivity contribution in [3.8, 4) is 11.7 Å². The number of halogens is 3. The molecule has 1 aliphatic carbocycles. The van der Waals surface area contributed by atoms with Gasteiger partial charge in [0, 0.05) is 37.1 Å². The Kier molecular flexibility index (Phi) is 9.84. The summed E-state index contributed by atoms with van der Waals surface area (Å²) in [6.07, 6.45) is 7.20. The zero-order chi connectivity index (χ0) is 34.9. The molecule has 2 fully saturated rings. The zero-order valence-corrected chi connectivity index (χ0v) is 28.7. The highest BCUT2D eigenvalue weighted by Gasteiger charge is 2.62. The van der Waals surface area contributed by atoms with Gasteiger partial charge in [-0.25, -0.2) is 27.8 Å². The average Bonchev–Trinajstić information content (AvgIpc) is 3.60. The van der Waals surface area contributed by atoms with Crippen molar-refractivity contribution in [1.29, 1.82) is 0 Å². The van der Waals surface area contributed by atoms with Crippen molar-refractivity contribution < 1.29 is 31.1 Å². The molecule has 49 heavy (non-hydrogen) atoms. The van der Waals surface area contributed by atoms with Gasteiger partial charge in [-0.05, 0) is 82.6 Å². The molecule has 0 spiro atoms. The van der Waals surface area contributed by atoms with E-state index in [-0.39, 0.29) is 47.7 Å². The van der Waals surface area contributed by atoms with E-state index in [0.717, 1.165) is 57.9 Å². The Hall–Kier alpha value is -3.88. The number of hydrogen-bond donors (Lipinski definition) is 2. The summed E-state index contributed by atoms with van der Waals surface area (Å²) in [7, 11) is -4.26. The van der Waals surface area contributed by atoms with Gasteiger partial charge in [-0.15, -0.1) is 5.10 Å². The van der Waals surface area contributed by atoms with Crippen LogP contribution in [-0.2, 0) is 10.0 Å². The Morgan fingerprint density at radius 3 is 2.49 bits per heavy atom. The third-order valence-corrected chi connectivity index (χ3v) is 11.3. The molecule has 1 saturated heterocycles. The van der Waals surface area contributed by atoms with E-state index in [9.17, 15) is 26.4 Å². The summed E-state index contributed by atoms with van der Waals surface area (Å²) >= 11 is 0. The van der Waals surface area contributed by atoms with E-state index in [1.54, 1.807) is 24.4 Å². The van der Waals surface area contributed by atoms with Gasteiger partial charge in [0.15, 0.2) is 5.82 Å². The number of alkyl halides is 3. The van der Waals surface area contributed by atoms with Crippen LogP contribution >= 0.6 is 0 Å². The minimum Gasteiger partial charge on any atom is -0.477 e. The van der Waals surface area contributed by atoms with Crippen molar-refractivity contribution in [3.63, 3.8) is 0 Å². The van der Waals surface area contributed by atoms with Crippen LogP contribution in [0.4, 0.5) is 24.8 Å². The molecule has 7 rings (SSSR count). The quantitative estimate of drug-likeness (QED) is 0.300. The summed E-state index contributed by atoms with van der Waals surface area (Å²) in [6.45, 7) is 5.44. The Balaban J connectivity index is 1.27. The molecular weight excluding hydrogens is 659 g/mol. The first-order chi connectivity index (χ1) is 23.3. The number of anilines is 2. The number of amides is 1. The van der Waals surface area contributed by atoms with Crippen molar-refractivity contribution in [2.45, 2.75) is 101 Å². The Bertz CT molecular complexity index is 1740. The topological polar surface area (TPSA) is 131 Å². The van der Waals surface area contributed by atoms with Crippen molar-refractivity contribution in [2.75, 3.05) is 29.9 Å². The molecule has 2 N–H and O–H groups in total. The van der Waals surface area contributed by atoms with Crippen molar-refractivity contribution in [1.82, 2.24) is 24.5 Å². The summed E-state index contributed by atoms with van der Waals surface area (Å²) in [4.78, 5) is 24.8. The lowest BCUT2D eigenvalue weighted by Gasteiger charge is -2.34. The first-order valence-electron chi connectivity index (χ1n) is 17.1. The third kappa shape index (κ3) is 7.97. The molecule has 1 atom stereocenters. The van der Waals surface area contributed by atoms with E-state index in [0.29, 0.717) is 29.9 Å². The average molecular weight is 704 g/mol. The fraction of sp³-hybridized carbons (Fsp3) is 0.588. The fourth-order valence-corrected chi connectivity index (χ4v) is 7.86. The number of ether oxygens (including phenoxy) is 1. The Morgan fingerprint density at radius 1 is 1.02 bits per heavy atom. The summed E-state index contributed by atoms with van der Waals surface area (Å²) in [5.74, 6) is 0.907. The second-order valence-electron chi connectivity index (χ2n) is 14.2. The molecule has 1 saturated carbocycles. The largest absolute Gasteiger partial charge is 0.477 e. The number of fused-ring (bicyclic) bond motifs is 12. The molecule has 4 bridgehead atoms. The van der Waals surface area contributed by atoms with Gasteiger partial charge in [-0.3, -0.25) is 4.79 Å². The van der Waals surface area contributed by atoms with Gasteiger partial charge in [0.2, 0.25) is 5.88 Å². The molecule has 266 valence electrons. The number of nitrogens with zero attached hydrogens (tertiary/aromatic N) is 5. The molecule has 3 aromatic heterocycles. The predicted octanol–water partition coefficient (Wildman–Crippen LogP) is 6.65. The number of carbonyl (C=O) groups is 1. The van der Waals surface area contributed by atoms with Gasteiger partial charge in [-0.1, -0.05) is 32.1 Å². The summed E-state index contributed by atoms with van der Waals surface area (Å²) in [6, 6.07) is 7.62. The summed E-state index contributed by atoms with van der Waals surface area (Å²) in [5, 5.41) is 7.61. The van der Waals surface area contributed by atoms with Crippen LogP contribution in [0, 0.1) is 11.3 Å². The molecule has 0 aromatic carbocycles. The molecule has 3 aliphatic heterocycles. The van der Waals surface area contributed by atoms with Crippen LogP contribution in [-0.4, -0.2) is 65.5 Å². The molecular formula is C34H44F3N7O4S. The maximum absolute atomic E-state index is 13.7. The fourth-order valence-electron chi connectivity index (χ4n) is 6.95. The van der Waals surface area contributed by atoms with Crippen LogP contribution in [0.2, 0.25) is 0 Å². The van der Waals surface area contributed by atoms with E-state index >= 15 is 0 Å². The normalized spacial score (nSPS) is 22.3. The lowest BCUT2D eigenvalue weighted by atomic mass is 9.92. The Morgan fingerprint density at radius 2 is 1.78 bits per heavy atom. The lowest BCUT2D eigenvalue weighted by molar-refractivity contribution is -0.190. The maximum Gasteiger partial charge on any atom is 0.394 e. The molecule has 11 nitrogen and oxygen atoms in total. The monoisotopic (exact) mass is 703 g/mol. The van der Waals surface area contributed by atoms with Gasteiger partial charge in [0.05, 0.1) is 17.6 Å². The second-order valence-corrected chi connectivity index (χ2v) is 15.8. The number of aromatic nitrogens is 4. The van der Waals surface area contributed by atoms with E-state index < -0.39 is 27.5 Å². The number of hydrogen-bond acceptors (Lipinski definition) is 9. The second kappa shape index (κ2) is 13.8. The first-order valence-corrected chi connectivity index (χ1v) is 18.6. The maximum atomic E-state index is 13.7. The molecule has 15 heteroatoms. The van der Waals surface area contributed by atoms with Gasteiger partial charge in [0.1, 0.15) is 16.5 Å². The van der Waals surface area contributed by atoms with Gasteiger partial charge < -0.3 is 15.0 Å². The van der Waals surface area contributed by atoms with Crippen LogP contribution in [0.3, 0.4) is 0 Å². The zero-order valence-electron chi connectivity index (χ0n) is 27.9. The van der Waals surface area contributed by atoms with E-state index in [4.69, 9.17) is 9.72 Å². The van der Waals surface area contributed by atoms with Crippen LogP contribution in [0.25, 0.3) is 5.82 Å². The van der Waals surface area contributed by atoms with E-state index in [1.807, 2.05) is 0 Å². The highest BCUT2D eigenvalue weighted by Crippen LogP contribution is 2.59. The van der Waals surface area contributed by atoms with Crippen LogP contribution < -0.4 is 19.7 Å². The number of nitrogens with one attached hydrogen (secondary N) is 2. The van der Waals surface area contributed by atoms with E-state index in [1.165, 1.54) is 23.0 Å². The van der Waals surface area contributed by atoms with Crippen LogP contribution in [0.5, 0.6) is 5.88 Å². The van der Waals surface area contributed by atoms with Crippen molar-refractivity contribution >= 4 is 27.6 Å². The van der Waals surface area contributed by atoms with Crippen LogP contribution in [0.1, 0.15) is 94.8 Å². The minimum absolute atomic E-state index is 0.0868. The molecule has 0 radical (unpaired) electrons. The summed E-state index contributed by atoms with van der Waals surface area (Å²) in [5.41, 5.74) is -1.96. The van der Waals surface area contributed by atoms with Crippen molar-refractivity contribution in [3.05, 3.63) is 48.3 Å². The minimum atomic E-state index is -4.26. The molecule has 1 amide bonds. The molecule has 6 heterocycles. The first kappa shape index (κ1) is 35.0. The Labute approximate surface area is 285 Å². The third-order valence-electron chi connectivity index (χ3n) is 10.0. The highest BCUT2D eigenvalue weighted by molar-refractivity contribution is 7.90. The number of carbonyl (C=O) groups excluding carboxylic acids is 1. The summed E-state index contributed by atoms with van der Waals surface area (Å²) < 4.78 is 75.9. The predicted molar refractivity (Wildman–Crippen MR) is 178 cm³/mol. The SMILES string of the molecule is CC1(C)CC2CCCCCCCCNc3ccc(cn3)S(=O)(=O)NC(=O)c3ccc(-n4ccc(OCCC5(C(F)(F)F)CC5)n4)nc3N1C2. The molecule has 4 aliphatic rings. The van der Waals surface area contributed by atoms with Crippen LogP contribution in [0.15, 0.2) is 47.6 Å². The van der Waals surface area contributed by atoms with Gasteiger partial charge in [-0.2, -0.15) is 13.2 Å². The smallest absolute Gasteiger partial charge is 0.394 e. The molecule has 3 aromatic rings. The van der Waals surface area contributed by atoms with Gasteiger partial charge >= 0.3 is 6.18 Å². The number of pyridine rings is 2. The highest BCUT2D eigenvalue weighted by atomic mass is 32.2. The molecule has 1 unspecified atom stereocenters. The van der Waals surface area contributed by atoms with Crippen molar-refractivity contribution in [2.24, 2.45) is 11.3 Å². The number of sulfonamides is 1. The van der Waals surface area contributed by atoms with E-state index in [2.05, 4.69) is 38.9 Å². The number of rotatable bonds is 5. The lowest BCUT2D eigenvalue weighted by Crippen LogP contribution is -2.41. The standard InChI is InChI=1S/C34H44F3N7O4S/c1-32(2)21-24-9-7-5-3-4-6-8-18-38-27-12-10-25(22-39-27)49(46,47)42-31(45)26-11-13-28(40-30(26)43(32)23-24)44-19-14-29(41-44)48-20-17-33(15-16-33)34(35,36)37/h10-14,19,22,24H,3-9,15-18,20-21,23H2,1-2H3,(H,38,39)(H,42,45).